The SMILES string of the molecule is O=[N+]([O-])c1ccc(CCCBr)cc1OC(F)(F)F. The number of nitro groups is 1. The highest BCUT2D eigenvalue weighted by Gasteiger charge is 2.34. The highest BCUT2D eigenvalue weighted by molar-refractivity contribution is 9.09. The number of aryl methyl sites for hydroxylation is 1. The second kappa shape index (κ2) is 6.03. The van der Waals surface area contributed by atoms with Crippen LogP contribution in [-0.2, 0) is 6.42 Å². The fourth-order valence-corrected chi connectivity index (χ4v) is 1.62. The number of hydrogen-bond donors (Lipinski definition) is 0. The third-order valence-electron chi connectivity index (χ3n) is 2.05. The van der Waals surface area contributed by atoms with Gasteiger partial charge in [-0.2, -0.15) is 0 Å². The minimum absolute atomic E-state index is 0.511. The van der Waals surface area contributed by atoms with Gasteiger partial charge in [0.1, 0.15) is 0 Å². The first-order chi connectivity index (χ1) is 8.33. The molecule has 1 aromatic rings. The van der Waals surface area contributed by atoms with Crippen LogP contribution in [0.2, 0.25) is 0 Å². The van der Waals surface area contributed by atoms with E-state index in [1.807, 2.05) is 0 Å². The van der Waals surface area contributed by atoms with E-state index in [1.54, 1.807) is 0 Å². The third-order valence-corrected chi connectivity index (χ3v) is 2.61. The minimum atomic E-state index is -4.95. The maximum atomic E-state index is 12.1. The van der Waals surface area contributed by atoms with Gasteiger partial charge in [0.2, 0.25) is 5.75 Å². The van der Waals surface area contributed by atoms with Gasteiger partial charge >= 0.3 is 12.0 Å². The Bertz CT molecular complexity index is 437. The van der Waals surface area contributed by atoms with Gasteiger partial charge < -0.3 is 4.74 Å². The van der Waals surface area contributed by atoms with E-state index >= 15 is 0 Å². The van der Waals surface area contributed by atoms with Crippen LogP contribution < -0.4 is 4.74 Å². The molecular weight excluding hydrogens is 319 g/mol. The third kappa shape index (κ3) is 4.52. The highest BCUT2D eigenvalue weighted by Crippen LogP contribution is 2.33. The van der Waals surface area contributed by atoms with Gasteiger partial charge in [0.25, 0.3) is 0 Å². The van der Waals surface area contributed by atoms with Gasteiger partial charge in [0, 0.05) is 11.4 Å². The maximum Gasteiger partial charge on any atom is 0.573 e. The Morgan fingerprint density at radius 1 is 1.39 bits per heavy atom. The normalized spacial score (nSPS) is 11.3. The molecule has 0 saturated carbocycles. The number of rotatable bonds is 5. The molecule has 8 heteroatoms. The Kier molecular flexibility index (Phi) is 4.94. The van der Waals surface area contributed by atoms with E-state index in [-0.39, 0.29) is 0 Å². The van der Waals surface area contributed by atoms with E-state index in [2.05, 4.69) is 20.7 Å². The van der Waals surface area contributed by atoms with Crippen LogP contribution in [0.15, 0.2) is 18.2 Å². The zero-order valence-electron chi connectivity index (χ0n) is 9.04. The number of alkyl halides is 4. The molecule has 18 heavy (non-hydrogen) atoms. The first kappa shape index (κ1) is 14.7. The standard InChI is InChI=1S/C10H9BrF3NO3/c11-5-1-2-7-3-4-8(15(16)17)9(6-7)18-10(12,13)14/h3-4,6H,1-2,5H2. The van der Waals surface area contributed by atoms with Gasteiger partial charge in [-0.15, -0.1) is 13.2 Å². The smallest absolute Gasteiger partial charge is 0.398 e. The molecule has 0 radical (unpaired) electrons. The zero-order valence-corrected chi connectivity index (χ0v) is 10.6. The van der Waals surface area contributed by atoms with E-state index in [1.165, 1.54) is 6.07 Å². The van der Waals surface area contributed by atoms with Crippen LogP contribution in [0, 0.1) is 10.1 Å². The van der Waals surface area contributed by atoms with E-state index in [9.17, 15) is 23.3 Å². The fourth-order valence-electron chi connectivity index (χ4n) is 1.34. The molecule has 0 aromatic heterocycles. The molecule has 0 bridgehead atoms. The van der Waals surface area contributed by atoms with Crippen molar-refractivity contribution in [2.45, 2.75) is 19.2 Å². The maximum absolute atomic E-state index is 12.1. The predicted octanol–water partition coefficient (Wildman–Crippen LogP) is 3.82. The Hall–Kier alpha value is -1.31. The number of nitro benzene ring substituents is 1. The van der Waals surface area contributed by atoms with Crippen LogP contribution in [0.1, 0.15) is 12.0 Å². The average Bonchev–Trinajstić information content (AvgIpc) is 2.23. The molecule has 0 saturated heterocycles. The molecule has 0 atom stereocenters. The summed E-state index contributed by atoms with van der Waals surface area (Å²) >= 11 is 3.19. The Balaban J connectivity index is 3.03. The number of nitrogens with zero attached hydrogens (tertiary/aromatic N) is 1. The van der Waals surface area contributed by atoms with Crippen molar-refractivity contribution in [1.82, 2.24) is 0 Å². The Labute approximate surface area is 109 Å². The molecule has 0 heterocycles. The molecule has 1 aromatic carbocycles. The van der Waals surface area contributed by atoms with E-state index in [0.717, 1.165) is 12.1 Å². The molecule has 0 aliphatic heterocycles. The van der Waals surface area contributed by atoms with E-state index < -0.39 is 22.7 Å². The number of hydrogen-bond acceptors (Lipinski definition) is 3. The molecule has 0 aliphatic carbocycles. The molecule has 0 amide bonds. The van der Waals surface area contributed by atoms with Gasteiger partial charge in [-0.25, -0.2) is 0 Å². The van der Waals surface area contributed by atoms with Crippen LogP contribution in [-0.4, -0.2) is 16.6 Å². The lowest BCUT2D eigenvalue weighted by atomic mass is 10.1. The van der Waals surface area contributed by atoms with Gasteiger partial charge in [-0.05, 0) is 24.5 Å². The second-order valence-corrected chi connectivity index (χ2v) is 4.19. The first-order valence-corrected chi connectivity index (χ1v) is 6.04. The van der Waals surface area contributed by atoms with Gasteiger partial charge in [0.15, 0.2) is 0 Å². The summed E-state index contributed by atoms with van der Waals surface area (Å²) in [5.41, 5.74) is -0.144. The Morgan fingerprint density at radius 3 is 2.56 bits per heavy atom. The summed E-state index contributed by atoms with van der Waals surface area (Å²) in [4.78, 5) is 9.68. The number of ether oxygens (including phenoxy) is 1. The van der Waals surface area contributed by atoms with Gasteiger partial charge in [-0.1, -0.05) is 22.0 Å². The van der Waals surface area contributed by atoms with Crippen LogP contribution in [0.4, 0.5) is 18.9 Å². The molecule has 0 spiro atoms. The monoisotopic (exact) mass is 327 g/mol. The molecule has 0 N–H and O–H groups in total. The topological polar surface area (TPSA) is 52.4 Å². The van der Waals surface area contributed by atoms with Crippen LogP contribution in [0.25, 0.3) is 0 Å². The van der Waals surface area contributed by atoms with Crippen molar-refractivity contribution in [3.05, 3.63) is 33.9 Å². The first-order valence-electron chi connectivity index (χ1n) is 4.92. The van der Waals surface area contributed by atoms with E-state index in [0.29, 0.717) is 23.7 Å². The van der Waals surface area contributed by atoms with Crippen molar-refractivity contribution in [2.75, 3.05) is 5.33 Å². The molecular formula is C10H9BrF3NO3. The van der Waals surface area contributed by atoms with Crippen molar-refractivity contribution in [1.29, 1.82) is 0 Å². The van der Waals surface area contributed by atoms with Crippen LogP contribution in [0.3, 0.4) is 0 Å². The van der Waals surface area contributed by atoms with Crippen molar-refractivity contribution in [3.8, 4) is 5.75 Å². The van der Waals surface area contributed by atoms with Crippen LogP contribution >= 0.6 is 15.9 Å². The van der Waals surface area contributed by atoms with E-state index in [4.69, 9.17) is 0 Å². The zero-order chi connectivity index (χ0) is 13.8. The Morgan fingerprint density at radius 2 is 2.06 bits per heavy atom. The molecule has 0 unspecified atom stereocenters. The molecule has 4 nitrogen and oxygen atoms in total. The predicted molar refractivity (Wildman–Crippen MR) is 61.9 cm³/mol. The number of benzene rings is 1. The van der Waals surface area contributed by atoms with Crippen molar-refractivity contribution in [2.24, 2.45) is 0 Å². The lowest BCUT2D eigenvalue weighted by molar-refractivity contribution is -0.388. The lowest BCUT2D eigenvalue weighted by Gasteiger charge is -2.10. The summed E-state index contributed by atoms with van der Waals surface area (Å²) < 4.78 is 40.0. The summed E-state index contributed by atoms with van der Waals surface area (Å²) in [6.45, 7) is 0. The average molecular weight is 328 g/mol. The fraction of sp³-hybridized carbons (Fsp3) is 0.400. The summed E-state index contributed by atoms with van der Waals surface area (Å²) in [7, 11) is 0. The van der Waals surface area contributed by atoms with Crippen molar-refractivity contribution in [3.63, 3.8) is 0 Å². The van der Waals surface area contributed by atoms with Crippen LogP contribution in [0.5, 0.6) is 5.75 Å². The van der Waals surface area contributed by atoms with Crippen molar-refractivity contribution >= 4 is 21.6 Å². The summed E-state index contributed by atoms with van der Waals surface area (Å²) in [6, 6.07) is 3.49. The van der Waals surface area contributed by atoms with Gasteiger partial charge in [0.05, 0.1) is 4.92 Å². The number of halogens is 4. The lowest BCUT2D eigenvalue weighted by Crippen LogP contribution is -2.18. The largest absolute Gasteiger partial charge is 0.573 e. The molecule has 1 rings (SSSR count). The molecule has 0 aliphatic rings. The minimum Gasteiger partial charge on any atom is -0.398 e. The summed E-state index contributed by atoms with van der Waals surface area (Å²) in [5, 5.41) is 11.3. The second-order valence-electron chi connectivity index (χ2n) is 3.40. The molecule has 100 valence electrons. The summed E-state index contributed by atoms with van der Waals surface area (Å²) in [5.74, 6) is -0.778. The van der Waals surface area contributed by atoms with Gasteiger partial charge in [-0.3, -0.25) is 10.1 Å². The highest BCUT2D eigenvalue weighted by atomic mass is 79.9. The van der Waals surface area contributed by atoms with Crippen molar-refractivity contribution < 1.29 is 22.8 Å². The quantitative estimate of drug-likeness (QED) is 0.469. The molecule has 0 fully saturated rings. The summed E-state index contributed by atoms with van der Waals surface area (Å²) in [6.07, 6.45) is -3.72.